The van der Waals surface area contributed by atoms with Crippen molar-refractivity contribution in [2.24, 2.45) is 4.99 Å². The monoisotopic (exact) mass is 263 g/mol. The second kappa shape index (κ2) is 9.28. The van der Waals surface area contributed by atoms with Crippen molar-refractivity contribution in [1.82, 2.24) is 0 Å². The lowest BCUT2D eigenvalue weighted by molar-refractivity contribution is 0.871. The molecule has 18 heavy (non-hydrogen) atoms. The van der Waals surface area contributed by atoms with Gasteiger partial charge < -0.3 is 0 Å². The summed E-state index contributed by atoms with van der Waals surface area (Å²) in [6, 6.07) is 8.71. The molecule has 0 aliphatic carbocycles. The number of hydrogen-bond donors (Lipinski definition) is 0. The van der Waals surface area contributed by atoms with E-state index in [1.165, 1.54) is 49.0 Å². The predicted octanol–water partition coefficient (Wildman–Crippen LogP) is 5.12. The van der Waals surface area contributed by atoms with Crippen molar-refractivity contribution in [2.75, 3.05) is 12.3 Å². The summed E-state index contributed by atoms with van der Waals surface area (Å²) in [5.41, 5.74) is 1.19. The summed E-state index contributed by atoms with van der Waals surface area (Å²) >= 11 is 0. The summed E-state index contributed by atoms with van der Waals surface area (Å²) in [6.07, 6.45) is 9.92. The highest BCUT2D eigenvalue weighted by atomic mass is 31.1. The van der Waals surface area contributed by atoms with E-state index < -0.39 is 0 Å². The lowest BCUT2D eigenvalue weighted by Crippen LogP contribution is -2.07. The van der Waals surface area contributed by atoms with Crippen LogP contribution in [0.25, 0.3) is 0 Å². The van der Waals surface area contributed by atoms with Crippen molar-refractivity contribution in [3.8, 4) is 0 Å². The molecule has 0 aromatic heterocycles. The number of rotatable bonds is 8. The van der Waals surface area contributed by atoms with Crippen molar-refractivity contribution >= 4 is 25.1 Å². The van der Waals surface area contributed by atoms with Crippen LogP contribution in [0.4, 0.5) is 5.69 Å². The molecule has 100 valence electrons. The highest BCUT2D eigenvalue weighted by Gasteiger charge is 2.13. The number of benzene rings is 1. The van der Waals surface area contributed by atoms with Gasteiger partial charge in [0.05, 0.1) is 5.69 Å². The Morgan fingerprint density at radius 2 is 1.67 bits per heavy atom. The lowest BCUT2D eigenvalue weighted by Gasteiger charge is -2.19. The van der Waals surface area contributed by atoms with E-state index in [1.807, 2.05) is 13.1 Å². The zero-order chi connectivity index (χ0) is 13.2. The van der Waals surface area contributed by atoms with Gasteiger partial charge in [0, 0.05) is 11.5 Å². The topological polar surface area (TPSA) is 12.4 Å². The first-order valence-electron chi connectivity index (χ1n) is 7.16. The summed E-state index contributed by atoms with van der Waals surface area (Å²) in [6.45, 7) is 6.56. The average Bonchev–Trinajstić information content (AvgIpc) is 2.40. The second-order valence-corrected chi connectivity index (χ2v) is 7.03. The minimum atomic E-state index is -0.0136. The molecule has 0 radical (unpaired) electrons. The summed E-state index contributed by atoms with van der Waals surface area (Å²) in [7, 11) is -0.0136. The molecule has 1 aromatic rings. The minimum Gasteiger partial charge on any atom is -0.261 e. The largest absolute Gasteiger partial charge is 0.261 e. The van der Waals surface area contributed by atoms with Crippen molar-refractivity contribution in [3.63, 3.8) is 0 Å². The van der Waals surface area contributed by atoms with Gasteiger partial charge in [-0.25, -0.2) is 0 Å². The van der Waals surface area contributed by atoms with Crippen molar-refractivity contribution in [3.05, 3.63) is 24.3 Å². The van der Waals surface area contributed by atoms with Crippen LogP contribution in [0, 0.1) is 0 Å². The molecule has 1 aromatic carbocycles. The van der Waals surface area contributed by atoms with E-state index in [2.05, 4.69) is 43.1 Å². The third-order valence-corrected chi connectivity index (χ3v) is 5.83. The fraction of sp³-hybridized carbons (Fsp3) is 0.562. The highest BCUT2D eigenvalue weighted by molar-refractivity contribution is 7.65. The molecule has 1 nitrogen and oxygen atoms in total. The fourth-order valence-corrected chi connectivity index (χ4v) is 4.88. The normalized spacial score (nSPS) is 11.6. The maximum atomic E-state index is 4.53. The zero-order valence-corrected chi connectivity index (χ0v) is 12.9. The first-order chi connectivity index (χ1) is 8.83. The van der Waals surface area contributed by atoms with E-state index in [-0.39, 0.29) is 7.92 Å². The Labute approximate surface area is 113 Å². The van der Waals surface area contributed by atoms with E-state index in [1.54, 1.807) is 0 Å². The first-order valence-corrected chi connectivity index (χ1v) is 8.87. The molecule has 0 unspecified atom stereocenters. The van der Waals surface area contributed by atoms with Crippen LogP contribution in [0.1, 0.15) is 46.5 Å². The quantitative estimate of drug-likeness (QED) is 0.456. The lowest BCUT2D eigenvalue weighted by atomic mass is 10.3. The summed E-state index contributed by atoms with van der Waals surface area (Å²) < 4.78 is 0. The van der Waals surface area contributed by atoms with Crippen LogP contribution in [0.5, 0.6) is 0 Å². The molecule has 0 aliphatic rings. The molecule has 0 saturated carbocycles. The molecule has 0 heterocycles. The molecule has 0 N–H and O–H groups in total. The van der Waals surface area contributed by atoms with Gasteiger partial charge in [0.15, 0.2) is 0 Å². The van der Waals surface area contributed by atoms with Gasteiger partial charge in [0.1, 0.15) is 0 Å². The van der Waals surface area contributed by atoms with Gasteiger partial charge in [0.2, 0.25) is 0 Å². The van der Waals surface area contributed by atoms with E-state index in [9.17, 15) is 0 Å². The zero-order valence-electron chi connectivity index (χ0n) is 12.0. The van der Waals surface area contributed by atoms with Crippen LogP contribution in [-0.2, 0) is 0 Å². The van der Waals surface area contributed by atoms with Gasteiger partial charge in [-0.05, 0) is 38.2 Å². The van der Waals surface area contributed by atoms with Gasteiger partial charge >= 0.3 is 0 Å². The molecular weight excluding hydrogens is 237 g/mol. The number of aliphatic imine (C=N–C) groups is 1. The maximum absolute atomic E-state index is 4.53. The highest BCUT2D eigenvalue weighted by Crippen LogP contribution is 2.39. The number of para-hydroxylation sites is 1. The Morgan fingerprint density at radius 3 is 2.22 bits per heavy atom. The van der Waals surface area contributed by atoms with E-state index >= 15 is 0 Å². The van der Waals surface area contributed by atoms with Gasteiger partial charge in [0.25, 0.3) is 0 Å². The maximum Gasteiger partial charge on any atom is 0.0702 e. The van der Waals surface area contributed by atoms with Crippen LogP contribution < -0.4 is 5.30 Å². The minimum absolute atomic E-state index is 0.0136. The number of hydrogen-bond acceptors (Lipinski definition) is 1. The van der Waals surface area contributed by atoms with E-state index in [4.69, 9.17) is 0 Å². The van der Waals surface area contributed by atoms with Gasteiger partial charge in [-0.15, -0.1) is 0 Å². The molecule has 0 saturated heterocycles. The number of unbranched alkanes of at least 4 members (excludes halogenated alkanes) is 2. The molecule has 0 spiro atoms. The van der Waals surface area contributed by atoms with Gasteiger partial charge in [-0.1, -0.05) is 52.8 Å². The third-order valence-electron chi connectivity index (χ3n) is 3.05. The van der Waals surface area contributed by atoms with Crippen LogP contribution in [0.3, 0.4) is 0 Å². The van der Waals surface area contributed by atoms with Crippen LogP contribution >= 0.6 is 7.92 Å². The molecule has 0 amide bonds. The van der Waals surface area contributed by atoms with Gasteiger partial charge in [-0.3, -0.25) is 4.99 Å². The third kappa shape index (κ3) is 4.90. The summed E-state index contributed by atoms with van der Waals surface area (Å²) in [5.74, 6) is 0. The van der Waals surface area contributed by atoms with Crippen molar-refractivity contribution in [1.29, 1.82) is 0 Å². The Bertz CT molecular complexity index is 352. The van der Waals surface area contributed by atoms with E-state index in [0.29, 0.717) is 0 Å². The van der Waals surface area contributed by atoms with Crippen LogP contribution in [-0.4, -0.2) is 18.5 Å². The molecule has 0 aliphatic heterocycles. The predicted molar refractivity (Wildman–Crippen MR) is 86.4 cm³/mol. The molecular formula is C16H26NP. The summed E-state index contributed by atoms with van der Waals surface area (Å²) in [5, 5.41) is 1.51. The summed E-state index contributed by atoms with van der Waals surface area (Å²) in [4.78, 5) is 4.53. The molecule has 2 heteroatoms. The molecule has 0 atom stereocenters. The fourth-order valence-electron chi connectivity index (χ4n) is 2.03. The van der Waals surface area contributed by atoms with Crippen molar-refractivity contribution in [2.45, 2.75) is 46.5 Å². The average molecular weight is 263 g/mol. The Hall–Kier alpha value is -0.680. The Kier molecular flexibility index (Phi) is 7.93. The van der Waals surface area contributed by atoms with Gasteiger partial charge in [-0.2, -0.15) is 0 Å². The molecule has 0 fully saturated rings. The molecule has 1 rings (SSSR count). The second-order valence-electron chi connectivity index (χ2n) is 4.57. The first kappa shape index (κ1) is 15.4. The van der Waals surface area contributed by atoms with Crippen LogP contribution in [0.2, 0.25) is 0 Å². The Balaban J connectivity index is 2.88. The molecule has 0 bridgehead atoms. The van der Waals surface area contributed by atoms with E-state index in [0.717, 1.165) is 0 Å². The number of nitrogens with zero attached hydrogens (tertiary/aromatic N) is 1. The van der Waals surface area contributed by atoms with Crippen LogP contribution in [0.15, 0.2) is 29.3 Å². The smallest absolute Gasteiger partial charge is 0.0702 e. The standard InChI is InChI=1S/C16H26NP/c1-4-7-13-18(14-8-5-2)16-12-10-9-11-15(16)17-6-3/h6,9-12H,4-5,7-8,13-14H2,1-3H3. The van der Waals surface area contributed by atoms with Crippen molar-refractivity contribution < 1.29 is 0 Å². The Morgan fingerprint density at radius 1 is 1.06 bits per heavy atom. The SMILES string of the molecule is CC=Nc1ccccc1P(CCCC)CCCC.